The van der Waals surface area contributed by atoms with Crippen molar-refractivity contribution >= 4 is 23.2 Å². The summed E-state index contributed by atoms with van der Waals surface area (Å²) < 4.78 is 5.49. The molecule has 31 heavy (non-hydrogen) atoms. The Morgan fingerprint density at radius 1 is 0.935 bits per heavy atom. The van der Waals surface area contributed by atoms with Crippen LogP contribution in [0.25, 0.3) is 0 Å². The van der Waals surface area contributed by atoms with E-state index in [9.17, 15) is 9.59 Å². The number of amides is 2. The zero-order valence-corrected chi connectivity index (χ0v) is 17.5. The van der Waals surface area contributed by atoms with Crippen molar-refractivity contribution in [2.75, 3.05) is 30.9 Å². The second kappa shape index (κ2) is 7.16. The molecule has 6 nitrogen and oxygen atoms in total. The number of likely N-dealkylation sites (N-methyl/N-ethyl adjacent to an activating group) is 1. The highest BCUT2D eigenvalue weighted by atomic mass is 16.5. The molecule has 0 saturated carbocycles. The molecule has 1 N–H and O–H groups in total. The highest BCUT2D eigenvalue weighted by Gasteiger charge is 2.58. The first-order chi connectivity index (χ1) is 15.1. The third-order valence-electron chi connectivity index (χ3n) is 6.19. The van der Waals surface area contributed by atoms with Gasteiger partial charge in [0.25, 0.3) is 11.8 Å². The van der Waals surface area contributed by atoms with E-state index >= 15 is 0 Å². The Morgan fingerprint density at radius 3 is 2.48 bits per heavy atom. The predicted molar refractivity (Wildman–Crippen MR) is 119 cm³/mol. The quantitative estimate of drug-likeness (QED) is 0.710. The van der Waals surface area contributed by atoms with E-state index in [0.29, 0.717) is 24.2 Å². The number of ether oxygens (including phenoxy) is 1. The maximum atomic E-state index is 13.7. The number of nitrogens with zero attached hydrogens (tertiary/aromatic N) is 2. The molecule has 0 unspecified atom stereocenters. The van der Waals surface area contributed by atoms with Crippen LogP contribution in [0.2, 0.25) is 0 Å². The zero-order chi connectivity index (χ0) is 21.6. The molecule has 156 valence electrons. The number of carbonyl (C=O) groups excluding carboxylic acids is 2. The summed E-state index contributed by atoms with van der Waals surface area (Å²) in [6.45, 7) is 0.356. The van der Waals surface area contributed by atoms with E-state index in [1.54, 1.807) is 30.0 Å². The van der Waals surface area contributed by atoms with Crippen molar-refractivity contribution in [2.45, 2.75) is 12.1 Å². The van der Waals surface area contributed by atoms with Gasteiger partial charge in [0.1, 0.15) is 5.75 Å². The fourth-order valence-electron chi connectivity index (χ4n) is 4.67. The van der Waals surface area contributed by atoms with E-state index in [-0.39, 0.29) is 11.8 Å². The van der Waals surface area contributed by atoms with Crippen molar-refractivity contribution in [1.82, 2.24) is 4.90 Å². The molecule has 0 fully saturated rings. The Balaban J connectivity index is 1.63. The maximum absolute atomic E-state index is 13.7. The Kier molecular flexibility index (Phi) is 4.43. The van der Waals surface area contributed by atoms with Crippen molar-refractivity contribution in [3.8, 4) is 5.75 Å². The molecular formula is C25H23N3O3. The van der Waals surface area contributed by atoms with Crippen LogP contribution < -0.4 is 15.0 Å². The van der Waals surface area contributed by atoms with Crippen LogP contribution in [0, 0.1) is 0 Å². The lowest BCUT2D eigenvalue weighted by molar-refractivity contribution is -0.127. The van der Waals surface area contributed by atoms with Gasteiger partial charge in [0.2, 0.25) is 5.66 Å². The molecule has 0 bridgehead atoms. The number of methoxy groups -OCH3 is 1. The lowest BCUT2D eigenvalue weighted by Gasteiger charge is -2.45. The summed E-state index contributed by atoms with van der Waals surface area (Å²) >= 11 is 0. The van der Waals surface area contributed by atoms with E-state index in [4.69, 9.17) is 4.74 Å². The summed E-state index contributed by atoms with van der Waals surface area (Å²) in [5, 5.41) is 3.44. The number of rotatable bonds is 4. The van der Waals surface area contributed by atoms with E-state index in [2.05, 4.69) is 5.32 Å². The molecule has 0 aliphatic carbocycles. The average molecular weight is 413 g/mol. The normalized spacial score (nSPS) is 19.3. The summed E-state index contributed by atoms with van der Waals surface area (Å²) in [6.07, 6.45) is 0.556. The van der Waals surface area contributed by atoms with Crippen molar-refractivity contribution in [2.24, 2.45) is 0 Å². The number of fused-ring (bicyclic) bond motifs is 3. The van der Waals surface area contributed by atoms with Gasteiger partial charge >= 0.3 is 0 Å². The number of nitrogens with one attached hydrogen (secondary N) is 1. The SMILES string of the molecule is COc1ccccc1CCN1C(=O)c2ccccc2N[C@]12C(=O)N(C)c1ccccc12. The first kappa shape index (κ1) is 19.2. The van der Waals surface area contributed by atoms with Crippen LogP contribution >= 0.6 is 0 Å². The maximum Gasteiger partial charge on any atom is 0.278 e. The molecule has 1 spiro atoms. The van der Waals surface area contributed by atoms with Gasteiger partial charge in [0.05, 0.1) is 18.4 Å². The minimum absolute atomic E-state index is 0.164. The summed E-state index contributed by atoms with van der Waals surface area (Å²) in [4.78, 5) is 30.7. The van der Waals surface area contributed by atoms with Crippen LogP contribution in [0.4, 0.5) is 11.4 Å². The molecular weight excluding hydrogens is 390 g/mol. The lowest BCUT2D eigenvalue weighted by Crippen LogP contribution is -2.62. The number of benzene rings is 3. The zero-order valence-electron chi connectivity index (χ0n) is 17.5. The molecule has 0 radical (unpaired) electrons. The van der Waals surface area contributed by atoms with Crippen LogP contribution in [-0.4, -0.2) is 37.4 Å². The summed E-state index contributed by atoms with van der Waals surface area (Å²) in [5.74, 6) is 0.434. The molecule has 2 aliphatic heterocycles. The van der Waals surface area contributed by atoms with Crippen molar-refractivity contribution in [3.63, 3.8) is 0 Å². The van der Waals surface area contributed by atoms with Crippen molar-refractivity contribution < 1.29 is 14.3 Å². The van der Waals surface area contributed by atoms with Gasteiger partial charge in [-0.05, 0) is 36.2 Å². The smallest absolute Gasteiger partial charge is 0.278 e. The first-order valence-electron chi connectivity index (χ1n) is 10.3. The average Bonchev–Trinajstić information content (AvgIpc) is 3.02. The topological polar surface area (TPSA) is 61.9 Å². The van der Waals surface area contributed by atoms with Gasteiger partial charge in [-0.25, -0.2) is 0 Å². The summed E-state index contributed by atoms with van der Waals surface area (Å²) in [7, 11) is 3.39. The van der Waals surface area contributed by atoms with Crippen LogP contribution in [-0.2, 0) is 16.9 Å². The Bertz CT molecular complexity index is 1190. The Hall–Kier alpha value is -3.80. The Morgan fingerprint density at radius 2 is 1.65 bits per heavy atom. The summed E-state index contributed by atoms with van der Waals surface area (Å²) in [6, 6.07) is 22.7. The minimum atomic E-state index is -1.28. The first-order valence-corrected chi connectivity index (χ1v) is 10.3. The predicted octanol–water partition coefficient (Wildman–Crippen LogP) is 3.64. The van der Waals surface area contributed by atoms with Crippen LogP contribution in [0.1, 0.15) is 21.5 Å². The van der Waals surface area contributed by atoms with Gasteiger partial charge < -0.3 is 19.9 Å². The molecule has 2 heterocycles. The third-order valence-corrected chi connectivity index (χ3v) is 6.19. The number of hydrogen-bond donors (Lipinski definition) is 1. The largest absolute Gasteiger partial charge is 0.496 e. The number of anilines is 2. The fraction of sp³-hybridized carbons (Fsp3) is 0.200. The molecule has 6 heteroatoms. The van der Waals surface area contributed by atoms with Gasteiger partial charge in [-0.1, -0.05) is 48.5 Å². The van der Waals surface area contributed by atoms with Gasteiger partial charge in [-0.2, -0.15) is 0 Å². The highest BCUT2D eigenvalue weighted by molar-refractivity contribution is 6.15. The van der Waals surface area contributed by atoms with E-state index in [1.807, 2.05) is 66.7 Å². The monoisotopic (exact) mass is 413 g/mol. The number of carbonyl (C=O) groups is 2. The third kappa shape index (κ3) is 2.71. The molecule has 2 amide bonds. The fourth-order valence-corrected chi connectivity index (χ4v) is 4.67. The lowest BCUT2D eigenvalue weighted by atomic mass is 9.92. The number of para-hydroxylation sites is 3. The molecule has 0 saturated heterocycles. The number of hydrogen-bond acceptors (Lipinski definition) is 4. The summed E-state index contributed by atoms with van der Waals surface area (Å²) in [5.41, 5.74) is 2.52. The van der Waals surface area contributed by atoms with Crippen LogP contribution in [0.15, 0.2) is 72.8 Å². The second-order valence-electron chi connectivity index (χ2n) is 7.78. The van der Waals surface area contributed by atoms with E-state index < -0.39 is 5.66 Å². The van der Waals surface area contributed by atoms with Gasteiger partial charge in [0, 0.05) is 24.8 Å². The molecule has 3 aromatic carbocycles. The van der Waals surface area contributed by atoms with Crippen LogP contribution in [0.3, 0.4) is 0 Å². The second-order valence-corrected chi connectivity index (χ2v) is 7.78. The van der Waals surface area contributed by atoms with Gasteiger partial charge in [-0.3, -0.25) is 9.59 Å². The molecule has 2 aliphatic rings. The van der Waals surface area contributed by atoms with E-state index in [0.717, 1.165) is 22.6 Å². The molecule has 5 rings (SSSR count). The van der Waals surface area contributed by atoms with Gasteiger partial charge in [-0.15, -0.1) is 0 Å². The van der Waals surface area contributed by atoms with Crippen LogP contribution in [0.5, 0.6) is 5.75 Å². The Labute approximate surface area is 181 Å². The minimum Gasteiger partial charge on any atom is -0.496 e. The molecule has 3 aromatic rings. The highest BCUT2D eigenvalue weighted by Crippen LogP contribution is 2.47. The van der Waals surface area contributed by atoms with Gasteiger partial charge in [0.15, 0.2) is 0 Å². The molecule has 0 aromatic heterocycles. The van der Waals surface area contributed by atoms with Crippen molar-refractivity contribution in [3.05, 3.63) is 89.5 Å². The molecule has 1 atom stereocenters. The standard InChI is InChI=1S/C25H23N3O3/c1-27-21-13-7-5-11-19(21)25(24(27)30)26-20-12-6-4-10-18(20)23(29)28(25)16-15-17-9-3-8-14-22(17)31-2/h3-14,26H,15-16H2,1-2H3/t25-/m0/s1. The van der Waals surface area contributed by atoms with Crippen molar-refractivity contribution in [1.29, 1.82) is 0 Å². The van der Waals surface area contributed by atoms with E-state index in [1.165, 1.54) is 0 Å².